The monoisotopic (exact) mass is 146 g/mol. The van der Waals surface area contributed by atoms with Gasteiger partial charge in [0.05, 0.1) is 6.61 Å². The molecule has 0 fully saturated rings. The van der Waals surface area contributed by atoms with E-state index in [-0.39, 0.29) is 6.61 Å². The number of carbonyl (C=O) groups is 2. The first-order valence-electron chi connectivity index (χ1n) is 2.58. The fourth-order valence-corrected chi connectivity index (χ4v) is 0.193. The predicted octanol–water partition coefficient (Wildman–Crippen LogP) is 0.436. The summed E-state index contributed by atoms with van der Waals surface area (Å²) < 4.78 is 4.06. The van der Waals surface area contributed by atoms with Gasteiger partial charge in [0.25, 0.3) is 0 Å². The lowest BCUT2D eigenvalue weighted by atomic mass is 10.7. The van der Waals surface area contributed by atoms with E-state index in [1.165, 1.54) is 0 Å². The number of hydrogen-bond donors (Lipinski definition) is 1. The molecule has 4 nitrogen and oxygen atoms in total. The van der Waals surface area contributed by atoms with Gasteiger partial charge in [-0.05, 0) is 6.92 Å². The van der Waals surface area contributed by atoms with Crippen molar-refractivity contribution >= 4 is 11.9 Å². The summed E-state index contributed by atoms with van der Waals surface area (Å²) in [6.07, 6.45) is 0. The van der Waals surface area contributed by atoms with E-state index in [4.69, 9.17) is 5.11 Å². The molecule has 58 valence electrons. The fraction of sp³-hybridized carbons (Fsp3) is 0.333. The molecule has 0 bridgehead atoms. The second-order valence-corrected chi connectivity index (χ2v) is 1.03. The Morgan fingerprint density at radius 2 is 1.90 bits per heavy atom. The van der Waals surface area contributed by atoms with Crippen molar-refractivity contribution in [2.75, 3.05) is 6.61 Å². The SMILES string of the molecule is C=C.CCOC(=O)C(=O)O. The molecule has 0 aromatic carbocycles. The number of carboxylic acid groups (broad SMARTS) is 1. The van der Waals surface area contributed by atoms with Crippen molar-refractivity contribution in [3.8, 4) is 0 Å². The van der Waals surface area contributed by atoms with E-state index in [0.29, 0.717) is 0 Å². The molecule has 0 heterocycles. The average molecular weight is 146 g/mol. The summed E-state index contributed by atoms with van der Waals surface area (Å²) in [5.74, 6) is -2.75. The van der Waals surface area contributed by atoms with Crippen LogP contribution in [0.2, 0.25) is 0 Å². The van der Waals surface area contributed by atoms with E-state index in [1.807, 2.05) is 0 Å². The van der Waals surface area contributed by atoms with Crippen molar-refractivity contribution in [3.63, 3.8) is 0 Å². The van der Waals surface area contributed by atoms with Crippen molar-refractivity contribution in [3.05, 3.63) is 13.2 Å². The summed E-state index contributed by atoms with van der Waals surface area (Å²) in [6.45, 7) is 7.64. The van der Waals surface area contributed by atoms with Crippen molar-refractivity contribution in [2.24, 2.45) is 0 Å². The third kappa shape index (κ3) is 6.68. The topological polar surface area (TPSA) is 63.6 Å². The maximum atomic E-state index is 9.92. The van der Waals surface area contributed by atoms with Crippen molar-refractivity contribution < 1.29 is 19.4 Å². The van der Waals surface area contributed by atoms with E-state index in [9.17, 15) is 9.59 Å². The molecule has 0 saturated carbocycles. The van der Waals surface area contributed by atoms with Crippen LogP contribution >= 0.6 is 0 Å². The zero-order valence-corrected chi connectivity index (χ0v) is 5.79. The molecule has 0 aliphatic heterocycles. The summed E-state index contributed by atoms with van der Waals surface area (Å²) in [7, 11) is 0. The van der Waals surface area contributed by atoms with Gasteiger partial charge in [0.1, 0.15) is 0 Å². The Balaban J connectivity index is 0. The molecule has 0 radical (unpaired) electrons. The van der Waals surface area contributed by atoms with Crippen LogP contribution in [0, 0.1) is 0 Å². The molecule has 0 aliphatic rings. The van der Waals surface area contributed by atoms with Crippen LogP contribution in [0.15, 0.2) is 13.2 Å². The number of rotatable bonds is 1. The highest BCUT2D eigenvalue weighted by atomic mass is 16.6. The lowest BCUT2D eigenvalue weighted by Gasteiger charge is -1.91. The highest BCUT2D eigenvalue weighted by Gasteiger charge is 2.09. The van der Waals surface area contributed by atoms with Crippen LogP contribution in [-0.2, 0) is 14.3 Å². The summed E-state index contributed by atoms with van der Waals surface area (Å²) in [4.78, 5) is 19.5. The van der Waals surface area contributed by atoms with E-state index in [2.05, 4.69) is 17.9 Å². The first-order chi connectivity index (χ1) is 4.68. The van der Waals surface area contributed by atoms with Gasteiger partial charge in [0, 0.05) is 0 Å². The molecular weight excluding hydrogens is 136 g/mol. The number of carbonyl (C=O) groups excluding carboxylic acids is 1. The summed E-state index contributed by atoms with van der Waals surface area (Å²) >= 11 is 0. The van der Waals surface area contributed by atoms with Crippen LogP contribution in [-0.4, -0.2) is 23.7 Å². The van der Waals surface area contributed by atoms with Crippen LogP contribution in [0.3, 0.4) is 0 Å². The van der Waals surface area contributed by atoms with Gasteiger partial charge in [0.15, 0.2) is 0 Å². The number of carboxylic acids is 1. The maximum Gasteiger partial charge on any atom is 0.417 e. The zero-order chi connectivity index (χ0) is 8.57. The Labute approximate surface area is 59.1 Å². The summed E-state index contributed by atoms with van der Waals surface area (Å²) in [6, 6.07) is 0. The Morgan fingerprint density at radius 1 is 1.50 bits per heavy atom. The van der Waals surface area contributed by atoms with Gasteiger partial charge in [-0.15, -0.1) is 13.2 Å². The highest BCUT2D eigenvalue weighted by molar-refractivity contribution is 6.28. The molecule has 0 rings (SSSR count). The van der Waals surface area contributed by atoms with E-state index < -0.39 is 11.9 Å². The van der Waals surface area contributed by atoms with Crippen LogP contribution in [0.1, 0.15) is 6.92 Å². The highest BCUT2D eigenvalue weighted by Crippen LogP contribution is 1.74. The minimum atomic E-state index is -1.55. The van der Waals surface area contributed by atoms with Crippen LogP contribution in [0.5, 0.6) is 0 Å². The molecule has 0 amide bonds. The van der Waals surface area contributed by atoms with Crippen molar-refractivity contribution in [1.29, 1.82) is 0 Å². The molecule has 0 aromatic rings. The van der Waals surface area contributed by atoms with Gasteiger partial charge in [-0.25, -0.2) is 9.59 Å². The number of esters is 1. The van der Waals surface area contributed by atoms with Crippen molar-refractivity contribution in [2.45, 2.75) is 6.92 Å². The summed E-state index contributed by atoms with van der Waals surface area (Å²) in [5.41, 5.74) is 0. The molecule has 0 unspecified atom stereocenters. The fourth-order valence-electron chi connectivity index (χ4n) is 0.193. The molecular formula is C6H10O4. The van der Waals surface area contributed by atoms with E-state index >= 15 is 0 Å². The average Bonchev–Trinajstić information content (AvgIpc) is 1.93. The maximum absolute atomic E-state index is 9.92. The van der Waals surface area contributed by atoms with Gasteiger partial charge >= 0.3 is 11.9 Å². The van der Waals surface area contributed by atoms with E-state index in [1.54, 1.807) is 6.92 Å². The largest absolute Gasteiger partial charge is 0.473 e. The number of aliphatic carboxylic acids is 1. The zero-order valence-electron chi connectivity index (χ0n) is 5.79. The molecule has 10 heavy (non-hydrogen) atoms. The molecule has 0 atom stereocenters. The third-order valence-electron chi connectivity index (χ3n) is 0.450. The third-order valence-corrected chi connectivity index (χ3v) is 0.450. The molecule has 0 aliphatic carbocycles. The van der Waals surface area contributed by atoms with Gasteiger partial charge in [-0.1, -0.05) is 0 Å². The number of ether oxygens (including phenoxy) is 1. The molecule has 0 spiro atoms. The second-order valence-electron chi connectivity index (χ2n) is 1.03. The Bertz CT molecular complexity index is 119. The number of hydrogen-bond acceptors (Lipinski definition) is 3. The Kier molecular flexibility index (Phi) is 8.81. The first-order valence-corrected chi connectivity index (χ1v) is 2.58. The lowest BCUT2D eigenvalue weighted by molar-refractivity contribution is -0.163. The second kappa shape index (κ2) is 7.68. The molecule has 0 saturated heterocycles. The summed E-state index contributed by atoms with van der Waals surface area (Å²) in [5, 5.41) is 7.84. The van der Waals surface area contributed by atoms with Gasteiger partial charge < -0.3 is 9.84 Å². The molecule has 0 aromatic heterocycles. The molecule has 1 N–H and O–H groups in total. The first kappa shape index (κ1) is 11.5. The van der Waals surface area contributed by atoms with Crippen LogP contribution in [0.25, 0.3) is 0 Å². The molecule has 4 heteroatoms. The van der Waals surface area contributed by atoms with E-state index in [0.717, 1.165) is 0 Å². The smallest absolute Gasteiger partial charge is 0.417 e. The Morgan fingerprint density at radius 3 is 2.00 bits per heavy atom. The van der Waals surface area contributed by atoms with Crippen LogP contribution < -0.4 is 0 Å². The van der Waals surface area contributed by atoms with Crippen LogP contribution in [0.4, 0.5) is 0 Å². The van der Waals surface area contributed by atoms with Gasteiger partial charge in [-0.2, -0.15) is 0 Å². The minimum Gasteiger partial charge on any atom is -0.473 e. The quantitative estimate of drug-likeness (QED) is 0.331. The van der Waals surface area contributed by atoms with Gasteiger partial charge in [0.2, 0.25) is 0 Å². The van der Waals surface area contributed by atoms with Gasteiger partial charge in [-0.3, -0.25) is 0 Å². The minimum absolute atomic E-state index is 0.102. The lowest BCUT2D eigenvalue weighted by Crippen LogP contribution is -2.15. The standard InChI is InChI=1S/C4H6O4.C2H4/c1-2-8-4(7)3(5)6;1-2/h2H2,1H3,(H,5,6);1-2H2. The van der Waals surface area contributed by atoms with Crippen molar-refractivity contribution in [1.82, 2.24) is 0 Å². The normalized spacial score (nSPS) is 6.90. The Hall–Kier alpha value is -1.32. The predicted molar refractivity (Wildman–Crippen MR) is 35.5 cm³/mol.